The highest BCUT2D eigenvalue weighted by Crippen LogP contribution is 2.41. The highest BCUT2D eigenvalue weighted by Gasteiger charge is 2.46. The van der Waals surface area contributed by atoms with Gasteiger partial charge in [-0.1, -0.05) is 24.6 Å². The molecule has 0 spiro atoms. The van der Waals surface area contributed by atoms with Gasteiger partial charge in [-0.15, -0.1) is 0 Å². The van der Waals surface area contributed by atoms with E-state index in [1.165, 1.54) is 12.1 Å². The maximum atomic E-state index is 13.5. The SMILES string of the molecule is Cc1ccc2c(c1)S(=O)N=C(C1=C(O)[C@@H]3CCC[C@@H]3N(Cc3ccc(F)cc3)C1=O)N2. The van der Waals surface area contributed by atoms with E-state index >= 15 is 0 Å². The summed E-state index contributed by atoms with van der Waals surface area (Å²) in [6.07, 6.45) is 2.45. The number of aliphatic hydroxyl groups excluding tert-OH is 1. The number of amides is 1. The molecule has 2 heterocycles. The highest BCUT2D eigenvalue weighted by molar-refractivity contribution is 7.84. The summed E-state index contributed by atoms with van der Waals surface area (Å²) < 4.78 is 30.3. The molecule has 0 bridgehead atoms. The highest BCUT2D eigenvalue weighted by atomic mass is 32.2. The van der Waals surface area contributed by atoms with E-state index in [2.05, 4.69) is 9.71 Å². The first-order chi connectivity index (χ1) is 14.9. The molecular weight excluding hydrogens is 417 g/mol. The van der Waals surface area contributed by atoms with Crippen LogP contribution in [0.2, 0.25) is 0 Å². The number of halogens is 1. The Morgan fingerprint density at radius 2 is 2.00 bits per heavy atom. The van der Waals surface area contributed by atoms with Crippen LogP contribution in [-0.2, 0) is 22.3 Å². The summed E-state index contributed by atoms with van der Waals surface area (Å²) in [7, 11) is -1.68. The molecule has 8 heteroatoms. The molecule has 1 unspecified atom stereocenters. The lowest BCUT2D eigenvalue weighted by Crippen LogP contribution is -2.49. The third kappa shape index (κ3) is 3.44. The zero-order valence-corrected chi connectivity index (χ0v) is 17.8. The summed E-state index contributed by atoms with van der Waals surface area (Å²) >= 11 is 0. The molecule has 2 aromatic carbocycles. The van der Waals surface area contributed by atoms with E-state index in [0.29, 0.717) is 17.1 Å². The number of anilines is 1. The van der Waals surface area contributed by atoms with Gasteiger partial charge in [0.1, 0.15) is 17.1 Å². The Kier molecular flexibility index (Phi) is 4.89. The Morgan fingerprint density at radius 1 is 1.23 bits per heavy atom. The van der Waals surface area contributed by atoms with Crippen LogP contribution in [0.4, 0.5) is 10.1 Å². The van der Waals surface area contributed by atoms with E-state index in [0.717, 1.165) is 30.4 Å². The Bertz CT molecular complexity index is 1160. The van der Waals surface area contributed by atoms with Crippen LogP contribution in [-0.4, -0.2) is 32.0 Å². The predicted octanol–water partition coefficient (Wildman–Crippen LogP) is 4.00. The summed E-state index contributed by atoms with van der Waals surface area (Å²) in [6.45, 7) is 2.21. The van der Waals surface area contributed by atoms with Gasteiger partial charge in [0.05, 0.1) is 10.6 Å². The van der Waals surface area contributed by atoms with Crippen molar-refractivity contribution in [1.29, 1.82) is 0 Å². The lowest BCUT2D eigenvalue weighted by Gasteiger charge is -2.39. The number of benzene rings is 2. The summed E-state index contributed by atoms with van der Waals surface area (Å²) in [5, 5.41) is 14.1. The summed E-state index contributed by atoms with van der Waals surface area (Å²) in [4.78, 5) is 15.8. The van der Waals surface area contributed by atoms with Crippen molar-refractivity contribution in [3.63, 3.8) is 0 Å². The van der Waals surface area contributed by atoms with Crippen LogP contribution in [0.3, 0.4) is 0 Å². The van der Waals surface area contributed by atoms with Crippen molar-refractivity contribution in [3.8, 4) is 0 Å². The Labute approximate surface area is 182 Å². The van der Waals surface area contributed by atoms with Gasteiger partial charge in [-0.2, -0.15) is 4.40 Å². The summed E-state index contributed by atoms with van der Waals surface area (Å²) in [5.74, 6) is -0.731. The van der Waals surface area contributed by atoms with Crippen molar-refractivity contribution in [2.45, 2.75) is 43.7 Å². The van der Waals surface area contributed by atoms with E-state index in [1.807, 2.05) is 13.0 Å². The first kappa shape index (κ1) is 19.9. The first-order valence-corrected chi connectivity index (χ1v) is 11.4. The molecule has 160 valence electrons. The second kappa shape index (κ2) is 7.60. The largest absolute Gasteiger partial charge is 0.511 e. The molecule has 2 N–H and O–H groups in total. The standard InChI is InChI=1S/C23H22FN3O3S/c1-13-5-10-17-19(11-13)31(30)26-22(25-17)20-21(28)16-3-2-4-18(16)27(23(20)29)12-14-6-8-15(24)9-7-14/h5-11,16,18,28H,2-4,12H2,1H3,(H,25,26)/t16-,18+,31?/m1/s1. The van der Waals surface area contributed by atoms with Gasteiger partial charge in [0, 0.05) is 18.5 Å². The molecule has 6 nitrogen and oxygen atoms in total. The maximum absolute atomic E-state index is 13.5. The molecule has 2 aromatic rings. The Hall–Kier alpha value is -3.00. The smallest absolute Gasteiger partial charge is 0.261 e. The van der Waals surface area contributed by atoms with Gasteiger partial charge < -0.3 is 15.3 Å². The minimum atomic E-state index is -1.68. The Balaban J connectivity index is 1.53. The number of fused-ring (bicyclic) bond motifs is 2. The minimum absolute atomic E-state index is 0.0154. The molecule has 1 fully saturated rings. The van der Waals surface area contributed by atoms with E-state index in [-0.39, 0.29) is 40.9 Å². The van der Waals surface area contributed by atoms with Crippen LogP contribution in [0, 0.1) is 18.7 Å². The van der Waals surface area contributed by atoms with Gasteiger partial charge in [-0.3, -0.25) is 4.79 Å². The van der Waals surface area contributed by atoms with Gasteiger partial charge in [0.2, 0.25) is 0 Å². The summed E-state index contributed by atoms with van der Waals surface area (Å²) in [5.41, 5.74) is 2.46. The van der Waals surface area contributed by atoms with Crippen LogP contribution in [0.1, 0.15) is 30.4 Å². The van der Waals surface area contributed by atoms with Gasteiger partial charge in [0.15, 0.2) is 16.8 Å². The van der Waals surface area contributed by atoms with Crippen LogP contribution >= 0.6 is 0 Å². The topological polar surface area (TPSA) is 82.0 Å². The van der Waals surface area contributed by atoms with Crippen molar-refractivity contribution in [2.75, 3.05) is 5.32 Å². The number of hydrogen-bond donors (Lipinski definition) is 2. The average molecular weight is 440 g/mol. The van der Waals surface area contributed by atoms with Gasteiger partial charge in [-0.25, -0.2) is 8.60 Å². The van der Waals surface area contributed by atoms with Gasteiger partial charge >= 0.3 is 0 Å². The van der Waals surface area contributed by atoms with Crippen molar-refractivity contribution in [2.24, 2.45) is 10.3 Å². The van der Waals surface area contributed by atoms with Crippen molar-refractivity contribution >= 4 is 28.4 Å². The van der Waals surface area contributed by atoms with E-state index in [1.54, 1.807) is 29.2 Å². The zero-order chi connectivity index (χ0) is 21.7. The number of aliphatic hydroxyl groups is 1. The van der Waals surface area contributed by atoms with Crippen molar-refractivity contribution < 1.29 is 18.5 Å². The molecule has 0 saturated heterocycles. The van der Waals surface area contributed by atoms with E-state index < -0.39 is 11.0 Å². The molecule has 1 amide bonds. The molecule has 0 aromatic heterocycles. The number of carbonyl (C=O) groups is 1. The lowest BCUT2D eigenvalue weighted by molar-refractivity contribution is -0.132. The van der Waals surface area contributed by atoms with Crippen LogP contribution in [0.15, 0.2) is 63.1 Å². The van der Waals surface area contributed by atoms with Gasteiger partial charge in [-0.05, 0) is 55.2 Å². The predicted molar refractivity (Wildman–Crippen MR) is 116 cm³/mol. The molecule has 31 heavy (non-hydrogen) atoms. The van der Waals surface area contributed by atoms with Gasteiger partial charge in [0.25, 0.3) is 5.91 Å². The number of hydrogen-bond acceptors (Lipinski definition) is 4. The fourth-order valence-electron chi connectivity index (χ4n) is 4.69. The third-order valence-electron chi connectivity index (χ3n) is 6.22. The van der Waals surface area contributed by atoms with Crippen LogP contribution in [0.5, 0.6) is 0 Å². The van der Waals surface area contributed by atoms with Crippen molar-refractivity contribution in [1.82, 2.24) is 4.90 Å². The van der Waals surface area contributed by atoms with E-state index in [4.69, 9.17) is 0 Å². The fourth-order valence-corrected chi connectivity index (χ4v) is 5.68. The second-order valence-corrected chi connectivity index (χ2v) is 9.36. The average Bonchev–Trinajstić information content (AvgIpc) is 3.23. The zero-order valence-electron chi connectivity index (χ0n) is 17.0. The molecule has 3 atom stereocenters. The molecule has 2 aliphatic heterocycles. The molecule has 1 saturated carbocycles. The molecule has 3 aliphatic rings. The van der Waals surface area contributed by atoms with Crippen molar-refractivity contribution in [3.05, 3.63) is 70.7 Å². The molecule has 1 aliphatic carbocycles. The number of rotatable bonds is 3. The summed E-state index contributed by atoms with van der Waals surface area (Å²) in [6, 6.07) is 11.4. The number of nitrogens with one attached hydrogen (secondary N) is 1. The second-order valence-electron chi connectivity index (χ2n) is 8.24. The molecular formula is C23H22FN3O3S. The van der Waals surface area contributed by atoms with Crippen LogP contribution < -0.4 is 5.32 Å². The quantitative estimate of drug-likeness (QED) is 0.757. The number of nitrogens with zero attached hydrogens (tertiary/aromatic N) is 2. The molecule has 5 rings (SSSR count). The third-order valence-corrected chi connectivity index (χ3v) is 7.28. The number of aryl methyl sites for hydroxylation is 1. The number of carbonyl (C=O) groups excluding carboxylic acids is 1. The minimum Gasteiger partial charge on any atom is -0.511 e. The maximum Gasteiger partial charge on any atom is 0.261 e. The van der Waals surface area contributed by atoms with E-state index in [9.17, 15) is 18.5 Å². The first-order valence-electron chi connectivity index (χ1n) is 10.3. The fraction of sp³-hybridized carbons (Fsp3) is 0.304. The normalized spacial score (nSPS) is 25.1. The molecule has 0 radical (unpaired) electrons. The van der Waals surface area contributed by atoms with Crippen LogP contribution in [0.25, 0.3) is 0 Å². The Morgan fingerprint density at radius 3 is 2.77 bits per heavy atom. The monoisotopic (exact) mass is 439 g/mol. The lowest BCUT2D eigenvalue weighted by atomic mass is 9.89. The number of amidine groups is 1.